The van der Waals surface area contributed by atoms with Crippen molar-refractivity contribution < 1.29 is 4.79 Å². The summed E-state index contributed by atoms with van der Waals surface area (Å²) in [6, 6.07) is 0. The van der Waals surface area contributed by atoms with Crippen molar-refractivity contribution in [3.8, 4) is 0 Å². The molecule has 3 heteroatoms. The van der Waals surface area contributed by atoms with Crippen LogP contribution in [0.25, 0.3) is 0 Å². The van der Waals surface area contributed by atoms with E-state index in [-0.39, 0.29) is 0 Å². The van der Waals surface area contributed by atoms with Crippen molar-refractivity contribution in [1.29, 1.82) is 0 Å². The molecule has 1 fully saturated rings. The van der Waals surface area contributed by atoms with Gasteiger partial charge in [-0.15, -0.1) is 0 Å². The first-order valence-electron chi connectivity index (χ1n) is 5.31. The van der Waals surface area contributed by atoms with Crippen LogP contribution in [-0.2, 0) is 4.79 Å². The van der Waals surface area contributed by atoms with E-state index < -0.39 is 0 Å². The van der Waals surface area contributed by atoms with Gasteiger partial charge in [-0.05, 0) is 38.3 Å². The minimum absolute atomic E-state index is 0.738. The Hall–Kier alpha value is -0.920. The number of aliphatic imine (C=N–C) groups is 1. The number of likely N-dealkylation sites (tertiary alicyclic amines) is 1. The molecule has 1 aliphatic heterocycles. The van der Waals surface area contributed by atoms with Crippen LogP contribution in [-0.4, -0.2) is 30.6 Å². The zero-order valence-corrected chi connectivity index (χ0v) is 8.78. The van der Waals surface area contributed by atoms with Crippen LogP contribution in [0, 0.1) is 5.92 Å². The standard InChI is InChI=1S/C11H18N2O/c1-2-13-8-4-6-11(9-13)5-3-7-12-10-14/h3,7,11H,2,4-6,8-9H2,1H3/b7-3-. The molecule has 0 radical (unpaired) electrons. The molecule has 0 aliphatic carbocycles. The molecular formula is C11H18N2O. The molecule has 1 heterocycles. The van der Waals surface area contributed by atoms with E-state index in [4.69, 9.17) is 0 Å². The fourth-order valence-corrected chi connectivity index (χ4v) is 1.97. The van der Waals surface area contributed by atoms with Crippen molar-refractivity contribution in [1.82, 2.24) is 4.90 Å². The van der Waals surface area contributed by atoms with Crippen molar-refractivity contribution in [2.75, 3.05) is 19.6 Å². The van der Waals surface area contributed by atoms with E-state index in [1.54, 1.807) is 6.20 Å². The van der Waals surface area contributed by atoms with Crippen molar-refractivity contribution >= 4 is 6.08 Å². The van der Waals surface area contributed by atoms with Crippen molar-refractivity contribution in [2.24, 2.45) is 10.9 Å². The molecule has 0 amide bonds. The number of carbonyl (C=O) groups excluding carboxylic acids is 1. The molecule has 0 saturated carbocycles. The van der Waals surface area contributed by atoms with Crippen LogP contribution in [0.3, 0.4) is 0 Å². The Bertz CT molecular complexity index is 231. The van der Waals surface area contributed by atoms with Gasteiger partial charge in [-0.2, -0.15) is 4.99 Å². The highest BCUT2D eigenvalue weighted by Gasteiger charge is 2.16. The summed E-state index contributed by atoms with van der Waals surface area (Å²) in [6.07, 6.45) is 8.65. The summed E-state index contributed by atoms with van der Waals surface area (Å²) >= 11 is 0. The Morgan fingerprint density at radius 1 is 1.64 bits per heavy atom. The smallest absolute Gasteiger partial charge is 0.239 e. The molecule has 0 N–H and O–H groups in total. The van der Waals surface area contributed by atoms with Crippen LogP contribution >= 0.6 is 0 Å². The van der Waals surface area contributed by atoms with Crippen LogP contribution in [0.15, 0.2) is 17.3 Å². The summed E-state index contributed by atoms with van der Waals surface area (Å²) in [5, 5.41) is 0. The van der Waals surface area contributed by atoms with Gasteiger partial charge in [0, 0.05) is 12.7 Å². The zero-order chi connectivity index (χ0) is 10.2. The maximum atomic E-state index is 9.80. The molecule has 3 nitrogen and oxygen atoms in total. The van der Waals surface area contributed by atoms with Gasteiger partial charge in [-0.1, -0.05) is 13.0 Å². The summed E-state index contributed by atoms with van der Waals surface area (Å²) in [7, 11) is 0. The monoisotopic (exact) mass is 194 g/mol. The van der Waals surface area contributed by atoms with Crippen molar-refractivity contribution in [3.63, 3.8) is 0 Å². The molecule has 1 aliphatic rings. The third-order valence-electron chi connectivity index (χ3n) is 2.75. The van der Waals surface area contributed by atoms with E-state index in [1.807, 2.05) is 6.08 Å². The minimum atomic E-state index is 0.738. The highest BCUT2D eigenvalue weighted by atomic mass is 16.1. The summed E-state index contributed by atoms with van der Waals surface area (Å²) in [5.41, 5.74) is 0. The van der Waals surface area contributed by atoms with Crippen LogP contribution in [0.1, 0.15) is 26.2 Å². The third-order valence-corrected chi connectivity index (χ3v) is 2.75. The number of rotatable bonds is 4. The normalized spacial score (nSPS) is 23.6. The molecule has 1 rings (SSSR count). The second kappa shape index (κ2) is 6.52. The molecule has 0 spiro atoms. The average molecular weight is 194 g/mol. The second-order valence-corrected chi connectivity index (χ2v) is 3.74. The first kappa shape index (κ1) is 11.2. The van der Waals surface area contributed by atoms with E-state index in [1.165, 1.54) is 32.0 Å². The highest BCUT2D eigenvalue weighted by molar-refractivity contribution is 5.34. The lowest BCUT2D eigenvalue weighted by molar-refractivity contribution is 0.184. The molecule has 1 unspecified atom stereocenters. The summed E-state index contributed by atoms with van der Waals surface area (Å²) in [6.45, 7) is 5.77. The molecule has 0 aromatic heterocycles. The van der Waals surface area contributed by atoms with E-state index in [0.29, 0.717) is 0 Å². The number of hydrogen-bond acceptors (Lipinski definition) is 3. The Kier molecular flexibility index (Phi) is 5.20. The molecule has 0 bridgehead atoms. The Balaban J connectivity index is 2.26. The SMILES string of the molecule is CCN1CCCC(C/C=C\N=C=O)C1. The lowest BCUT2D eigenvalue weighted by atomic mass is 9.95. The highest BCUT2D eigenvalue weighted by Crippen LogP contribution is 2.19. The van der Waals surface area contributed by atoms with Crippen LogP contribution in [0.2, 0.25) is 0 Å². The molecule has 14 heavy (non-hydrogen) atoms. The first-order valence-corrected chi connectivity index (χ1v) is 5.31. The molecule has 1 saturated heterocycles. The van der Waals surface area contributed by atoms with Gasteiger partial charge >= 0.3 is 0 Å². The molecule has 0 aromatic carbocycles. The largest absolute Gasteiger partial charge is 0.303 e. The fourth-order valence-electron chi connectivity index (χ4n) is 1.97. The number of nitrogens with zero attached hydrogens (tertiary/aromatic N) is 2. The maximum absolute atomic E-state index is 9.80. The van der Waals surface area contributed by atoms with Crippen LogP contribution in [0.4, 0.5) is 0 Å². The van der Waals surface area contributed by atoms with Gasteiger partial charge in [0.2, 0.25) is 6.08 Å². The van der Waals surface area contributed by atoms with E-state index in [9.17, 15) is 4.79 Å². The fraction of sp³-hybridized carbons (Fsp3) is 0.727. The van der Waals surface area contributed by atoms with Gasteiger partial charge in [0.25, 0.3) is 0 Å². The molecular weight excluding hydrogens is 176 g/mol. The van der Waals surface area contributed by atoms with Gasteiger partial charge in [-0.3, -0.25) is 0 Å². The third kappa shape index (κ3) is 3.86. The van der Waals surface area contributed by atoms with E-state index in [2.05, 4.69) is 16.8 Å². The summed E-state index contributed by atoms with van der Waals surface area (Å²) in [4.78, 5) is 15.7. The number of isocyanates is 1. The maximum Gasteiger partial charge on any atom is 0.239 e. The Morgan fingerprint density at radius 3 is 3.21 bits per heavy atom. The predicted molar refractivity (Wildman–Crippen MR) is 56.7 cm³/mol. The summed E-state index contributed by atoms with van der Waals surface area (Å²) < 4.78 is 0. The van der Waals surface area contributed by atoms with Crippen LogP contribution < -0.4 is 0 Å². The van der Waals surface area contributed by atoms with Gasteiger partial charge in [-0.25, -0.2) is 4.79 Å². The quantitative estimate of drug-likeness (QED) is 0.506. The van der Waals surface area contributed by atoms with Gasteiger partial charge < -0.3 is 4.90 Å². The lowest BCUT2D eigenvalue weighted by Crippen LogP contribution is -2.34. The zero-order valence-electron chi connectivity index (χ0n) is 8.78. The molecule has 78 valence electrons. The Labute approximate surface area is 85.5 Å². The van der Waals surface area contributed by atoms with Crippen molar-refractivity contribution in [2.45, 2.75) is 26.2 Å². The number of piperidine rings is 1. The van der Waals surface area contributed by atoms with Crippen LogP contribution in [0.5, 0.6) is 0 Å². The van der Waals surface area contributed by atoms with Gasteiger partial charge in [0.15, 0.2) is 0 Å². The molecule has 1 atom stereocenters. The Morgan fingerprint density at radius 2 is 2.50 bits per heavy atom. The average Bonchev–Trinajstić information content (AvgIpc) is 2.25. The molecule has 0 aromatic rings. The number of allylic oxidation sites excluding steroid dienone is 1. The summed E-state index contributed by atoms with van der Waals surface area (Å²) in [5.74, 6) is 0.738. The first-order chi connectivity index (χ1) is 6.86. The topological polar surface area (TPSA) is 32.7 Å². The lowest BCUT2D eigenvalue weighted by Gasteiger charge is -2.31. The van der Waals surface area contributed by atoms with E-state index in [0.717, 1.165) is 18.9 Å². The number of hydrogen-bond donors (Lipinski definition) is 0. The van der Waals surface area contributed by atoms with Crippen molar-refractivity contribution in [3.05, 3.63) is 12.3 Å². The van der Waals surface area contributed by atoms with E-state index >= 15 is 0 Å². The predicted octanol–water partition coefficient (Wildman–Crippen LogP) is 1.96. The van der Waals surface area contributed by atoms with Gasteiger partial charge in [0.1, 0.15) is 0 Å². The van der Waals surface area contributed by atoms with Gasteiger partial charge in [0.05, 0.1) is 0 Å². The second-order valence-electron chi connectivity index (χ2n) is 3.74. The minimum Gasteiger partial charge on any atom is -0.303 e.